The van der Waals surface area contributed by atoms with Gasteiger partial charge in [-0.3, -0.25) is 10.6 Å². The second-order valence-electron chi connectivity index (χ2n) is 10.9. The summed E-state index contributed by atoms with van der Waals surface area (Å²) in [5.41, 5.74) is 5.95. The first kappa shape index (κ1) is 29.3. The van der Waals surface area contributed by atoms with Gasteiger partial charge >= 0.3 is 0 Å². The van der Waals surface area contributed by atoms with Crippen molar-refractivity contribution in [3.05, 3.63) is 215 Å². The van der Waals surface area contributed by atoms with E-state index in [9.17, 15) is 0 Å². The molecule has 0 amide bonds. The predicted molar refractivity (Wildman–Crippen MR) is 180 cm³/mol. The Balaban J connectivity index is 1.26. The number of nitrogens with one attached hydrogen (secondary N) is 2. The lowest BCUT2D eigenvalue weighted by atomic mass is 9.77. The van der Waals surface area contributed by atoms with E-state index < -0.39 is 11.1 Å². The van der Waals surface area contributed by atoms with E-state index in [4.69, 9.17) is 4.74 Å². The van der Waals surface area contributed by atoms with Gasteiger partial charge in [0.25, 0.3) is 0 Å². The summed E-state index contributed by atoms with van der Waals surface area (Å²) in [5, 5.41) is 7.75. The summed E-state index contributed by atoms with van der Waals surface area (Å²) in [6.45, 7) is 1.54. The minimum absolute atomic E-state index is 0.370. The Morgan fingerprint density at radius 3 is 0.864 bits per heavy atom. The number of rotatable bonds is 13. The van der Waals surface area contributed by atoms with E-state index in [1.807, 2.05) is 0 Å². The summed E-state index contributed by atoms with van der Waals surface area (Å²) in [5.74, 6) is 0. The van der Waals surface area contributed by atoms with Gasteiger partial charge in [-0.2, -0.15) is 0 Å². The van der Waals surface area contributed by atoms with Gasteiger partial charge in [-0.25, -0.2) is 0 Å². The molecule has 6 aromatic rings. The lowest BCUT2D eigenvalue weighted by molar-refractivity contribution is 0.101. The fourth-order valence-electron chi connectivity index (χ4n) is 6.28. The maximum atomic E-state index is 6.38. The van der Waals surface area contributed by atoms with Crippen LogP contribution in [0.1, 0.15) is 33.4 Å². The zero-order valence-electron chi connectivity index (χ0n) is 24.9. The number of hydrogen-bond acceptors (Lipinski definition) is 3. The van der Waals surface area contributed by atoms with Crippen molar-refractivity contribution < 1.29 is 4.74 Å². The van der Waals surface area contributed by atoms with Gasteiger partial charge in [0.15, 0.2) is 0 Å². The van der Waals surface area contributed by atoms with Crippen molar-refractivity contribution in [2.24, 2.45) is 0 Å². The van der Waals surface area contributed by atoms with Gasteiger partial charge in [0.05, 0.1) is 24.4 Å². The molecule has 3 nitrogen and oxygen atoms in total. The standard InChI is InChI=1S/C41H38N2O/c1-7-19-34(20-8-1)40(35-21-9-2-10-22-35,36-23-11-3-12-24-36)42-31-32-44-33-43-41(37-25-13-4-14-26-37,38-27-15-5-16-28-38)39-29-17-6-18-30-39/h1-30,42-43H,31-33H2. The lowest BCUT2D eigenvalue weighted by Crippen LogP contribution is -2.47. The normalized spacial score (nSPS) is 11.7. The Morgan fingerprint density at radius 2 is 0.591 bits per heavy atom. The average molecular weight is 575 g/mol. The molecule has 0 saturated carbocycles. The molecule has 3 heteroatoms. The molecular formula is C41H38N2O. The van der Waals surface area contributed by atoms with E-state index in [-0.39, 0.29) is 0 Å². The quantitative estimate of drug-likeness (QED) is 0.0830. The van der Waals surface area contributed by atoms with Crippen molar-refractivity contribution in [3.8, 4) is 0 Å². The van der Waals surface area contributed by atoms with Crippen molar-refractivity contribution >= 4 is 0 Å². The smallest absolute Gasteiger partial charge is 0.0977 e. The Labute approximate surface area is 261 Å². The molecule has 0 aliphatic rings. The van der Waals surface area contributed by atoms with E-state index in [0.717, 1.165) is 16.7 Å². The molecular weight excluding hydrogens is 536 g/mol. The first-order chi connectivity index (χ1) is 21.8. The molecule has 0 spiro atoms. The van der Waals surface area contributed by atoms with Gasteiger partial charge < -0.3 is 4.74 Å². The van der Waals surface area contributed by atoms with E-state index in [2.05, 4.69) is 193 Å². The third-order valence-electron chi connectivity index (χ3n) is 8.32. The fraction of sp³-hybridized carbons (Fsp3) is 0.122. The molecule has 0 aliphatic carbocycles. The van der Waals surface area contributed by atoms with Gasteiger partial charge in [-0.15, -0.1) is 0 Å². The van der Waals surface area contributed by atoms with Gasteiger partial charge in [0.2, 0.25) is 0 Å². The number of hydrogen-bond donors (Lipinski definition) is 2. The van der Waals surface area contributed by atoms with Crippen molar-refractivity contribution in [2.75, 3.05) is 19.9 Å². The summed E-state index contributed by atoms with van der Waals surface area (Å²) < 4.78 is 6.38. The van der Waals surface area contributed by atoms with Crippen molar-refractivity contribution in [1.82, 2.24) is 10.6 Å². The molecule has 0 radical (unpaired) electrons. The van der Waals surface area contributed by atoms with Crippen molar-refractivity contribution in [1.29, 1.82) is 0 Å². The Bertz CT molecular complexity index is 1350. The van der Waals surface area contributed by atoms with Crippen molar-refractivity contribution in [2.45, 2.75) is 11.1 Å². The summed E-state index contributed by atoms with van der Waals surface area (Å²) in [7, 11) is 0. The van der Waals surface area contributed by atoms with Crippen LogP contribution >= 0.6 is 0 Å². The summed E-state index contributed by atoms with van der Waals surface area (Å²) >= 11 is 0. The zero-order valence-corrected chi connectivity index (χ0v) is 24.9. The summed E-state index contributed by atoms with van der Waals surface area (Å²) in [6, 6.07) is 63.9. The van der Waals surface area contributed by atoms with Gasteiger partial charge in [-0.05, 0) is 33.4 Å². The molecule has 2 N–H and O–H groups in total. The molecule has 6 aromatic carbocycles. The SMILES string of the molecule is c1ccc(C(NCCOCNC(c2ccccc2)(c2ccccc2)c2ccccc2)(c2ccccc2)c2ccccc2)cc1. The van der Waals surface area contributed by atoms with Crippen LogP contribution in [0.15, 0.2) is 182 Å². The van der Waals surface area contributed by atoms with E-state index in [0.29, 0.717) is 19.9 Å². The second kappa shape index (κ2) is 14.1. The molecule has 0 saturated heterocycles. The lowest BCUT2D eigenvalue weighted by Gasteiger charge is -2.38. The molecule has 44 heavy (non-hydrogen) atoms. The van der Waals surface area contributed by atoms with Gasteiger partial charge in [0.1, 0.15) is 0 Å². The first-order valence-corrected chi connectivity index (χ1v) is 15.2. The molecule has 0 atom stereocenters. The molecule has 0 heterocycles. The maximum absolute atomic E-state index is 6.38. The molecule has 0 fully saturated rings. The van der Waals surface area contributed by atoms with Crippen LogP contribution in [0.3, 0.4) is 0 Å². The summed E-state index contributed by atoms with van der Waals surface area (Å²) in [6.07, 6.45) is 0. The highest BCUT2D eigenvalue weighted by Gasteiger charge is 2.37. The van der Waals surface area contributed by atoms with E-state index in [1.165, 1.54) is 16.7 Å². The topological polar surface area (TPSA) is 33.3 Å². The Kier molecular flexibility index (Phi) is 9.39. The van der Waals surface area contributed by atoms with Gasteiger partial charge in [-0.1, -0.05) is 182 Å². The van der Waals surface area contributed by atoms with Crippen LogP contribution < -0.4 is 10.6 Å². The van der Waals surface area contributed by atoms with Crippen LogP contribution in [0.25, 0.3) is 0 Å². The highest BCUT2D eigenvalue weighted by atomic mass is 16.5. The largest absolute Gasteiger partial charge is 0.365 e. The first-order valence-electron chi connectivity index (χ1n) is 15.2. The van der Waals surface area contributed by atoms with Crippen molar-refractivity contribution in [3.63, 3.8) is 0 Å². The minimum Gasteiger partial charge on any atom is -0.365 e. The minimum atomic E-state index is -0.570. The average Bonchev–Trinajstić information content (AvgIpc) is 3.12. The molecule has 0 aromatic heterocycles. The molecule has 0 unspecified atom stereocenters. The second-order valence-corrected chi connectivity index (χ2v) is 10.9. The van der Waals surface area contributed by atoms with Crippen LogP contribution in [0.4, 0.5) is 0 Å². The third kappa shape index (κ3) is 5.99. The highest BCUT2D eigenvalue weighted by molar-refractivity contribution is 5.50. The van der Waals surface area contributed by atoms with Gasteiger partial charge in [0, 0.05) is 6.54 Å². The molecule has 0 aliphatic heterocycles. The van der Waals surface area contributed by atoms with Crippen LogP contribution in [-0.4, -0.2) is 19.9 Å². The Morgan fingerprint density at radius 1 is 0.341 bits per heavy atom. The van der Waals surface area contributed by atoms with Crippen LogP contribution in [0, 0.1) is 0 Å². The van der Waals surface area contributed by atoms with E-state index in [1.54, 1.807) is 0 Å². The van der Waals surface area contributed by atoms with Crippen LogP contribution in [0.5, 0.6) is 0 Å². The zero-order chi connectivity index (χ0) is 29.9. The third-order valence-corrected chi connectivity index (χ3v) is 8.32. The molecule has 0 bridgehead atoms. The number of benzene rings is 6. The molecule has 6 rings (SSSR count). The fourth-order valence-corrected chi connectivity index (χ4v) is 6.28. The summed E-state index contributed by atoms with van der Waals surface area (Å²) in [4.78, 5) is 0. The number of ether oxygens (including phenoxy) is 1. The monoisotopic (exact) mass is 574 g/mol. The molecule has 218 valence electrons. The maximum Gasteiger partial charge on any atom is 0.0977 e. The Hall–Kier alpha value is -4.80. The predicted octanol–water partition coefficient (Wildman–Crippen LogP) is 8.12. The van der Waals surface area contributed by atoms with Crippen LogP contribution in [0.2, 0.25) is 0 Å². The van der Waals surface area contributed by atoms with E-state index >= 15 is 0 Å². The highest BCUT2D eigenvalue weighted by Crippen LogP contribution is 2.38. The van der Waals surface area contributed by atoms with Crippen LogP contribution in [-0.2, 0) is 15.8 Å².